The lowest BCUT2D eigenvalue weighted by Gasteiger charge is -2.15. The molecule has 0 atom stereocenters. The summed E-state index contributed by atoms with van der Waals surface area (Å²) >= 11 is 0. The molecule has 0 radical (unpaired) electrons. The predicted molar refractivity (Wildman–Crippen MR) is 65.7 cm³/mol. The Hall–Kier alpha value is -1.89. The van der Waals surface area contributed by atoms with E-state index in [4.69, 9.17) is 4.42 Å². The van der Waals surface area contributed by atoms with Gasteiger partial charge in [-0.2, -0.15) is 13.2 Å². The SMILES string of the molecule is Cc1nnc(CN(C)Cc2ccc(C(F)(F)F)cc2)o1. The fourth-order valence-corrected chi connectivity index (χ4v) is 1.80. The lowest BCUT2D eigenvalue weighted by Crippen LogP contribution is -2.17. The smallest absolute Gasteiger partial charge is 0.416 e. The number of aryl methyl sites for hydroxylation is 1. The van der Waals surface area contributed by atoms with E-state index in [2.05, 4.69) is 10.2 Å². The zero-order valence-corrected chi connectivity index (χ0v) is 11.1. The van der Waals surface area contributed by atoms with Crippen LogP contribution in [-0.2, 0) is 19.3 Å². The van der Waals surface area contributed by atoms with Gasteiger partial charge < -0.3 is 4.42 Å². The zero-order chi connectivity index (χ0) is 14.8. The third kappa shape index (κ3) is 3.80. The molecule has 0 amide bonds. The molecule has 0 N–H and O–H groups in total. The zero-order valence-electron chi connectivity index (χ0n) is 11.1. The second-order valence-corrected chi connectivity index (χ2v) is 4.58. The lowest BCUT2D eigenvalue weighted by atomic mass is 10.1. The van der Waals surface area contributed by atoms with E-state index in [1.54, 1.807) is 6.92 Å². The third-order valence-electron chi connectivity index (χ3n) is 2.71. The van der Waals surface area contributed by atoms with Crippen molar-refractivity contribution in [3.8, 4) is 0 Å². The maximum atomic E-state index is 12.4. The van der Waals surface area contributed by atoms with E-state index in [0.717, 1.165) is 17.7 Å². The molecule has 2 aromatic rings. The Labute approximate surface area is 114 Å². The van der Waals surface area contributed by atoms with E-state index >= 15 is 0 Å². The first-order valence-corrected chi connectivity index (χ1v) is 5.98. The standard InChI is InChI=1S/C13H14F3N3O/c1-9-17-18-12(20-9)8-19(2)7-10-3-5-11(6-4-10)13(14,15)16/h3-6H,7-8H2,1-2H3. The largest absolute Gasteiger partial charge is 0.424 e. The van der Waals surface area contributed by atoms with Crippen LogP contribution in [0.4, 0.5) is 13.2 Å². The minimum absolute atomic E-state index is 0.446. The minimum atomic E-state index is -4.30. The van der Waals surface area contributed by atoms with Crippen molar-refractivity contribution in [1.82, 2.24) is 15.1 Å². The third-order valence-corrected chi connectivity index (χ3v) is 2.71. The first-order chi connectivity index (χ1) is 9.34. The number of hydrogen-bond donors (Lipinski definition) is 0. The Morgan fingerprint density at radius 1 is 1.10 bits per heavy atom. The van der Waals surface area contributed by atoms with Crippen LogP contribution >= 0.6 is 0 Å². The summed E-state index contributed by atoms with van der Waals surface area (Å²) in [6, 6.07) is 5.11. The average Bonchev–Trinajstić information content (AvgIpc) is 2.74. The molecule has 1 aromatic heterocycles. The number of hydrogen-bond acceptors (Lipinski definition) is 4. The van der Waals surface area contributed by atoms with Gasteiger partial charge in [0.2, 0.25) is 11.8 Å². The maximum absolute atomic E-state index is 12.4. The Balaban J connectivity index is 1.96. The van der Waals surface area contributed by atoms with Gasteiger partial charge in [-0.3, -0.25) is 4.90 Å². The van der Waals surface area contributed by atoms with Gasteiger partial charge in [0.1, 0.15) is 0 Å². The second kappa shape index (κ2) is 5.62. The Bertz CT molecular complexity index is 563. The lowest BCUT2D eigenvalue weighted by molar-refractivity contribution is -0.137. The van der Waals surface area contributed by atoms with Crippen LogP contribution in [0.2, 0.25) is 0 Å². The van der Waals surface area contributed by atoms with Gasteiger partial charge in [-0.05, 0) is 24.7 Å². The summed E-state index contributed by atoms with van der Waals surface area (Å²) in [5, 5.41) is 7.58. The summed E-state index contributed by atoms with van der Waals surface area (Å²) in [5.74, 6) is 0.972. The van der Waals surface area contributed by atoms with Crippen LogP contribution in [-0.4, -0.2) is 22.1 Å². The monoisotopic (exact) mass is 285 g/mol. The van der Waals surface area contributed by atoms with Gasteiger partial charge in [0.05, 0.1) is 12.1 Å². The molecule has 108 valence electrons. The highest BCUT2D eigenvalue weighted by atomic mass is 19.4. The summed E-state index contributed by atoms with van der Waals surface area (Å²) in [5.41, 5.74) is 0.146. The van der Waals surface area contributed by atoms with Crippen molar-refractivity contribution >= 4 is 0 Å². The van der Waals surface area contributed by atoms with Crippen molar-refractivity contribution in [3.63, 3.8) is 0 Å². The molecule has 0 bridgehead atoms. The molecule has 7 heteroatoms. The molecule has 0 spiro atoms. The Kier molecular flexibility index (Phi) is 4.08. The molecule has 0 aliphatic heterocycles. The van der Waals surface area contributed by atoms with Crippen LogP contribution in [0.25, 0.3) is 0 Å². The molecule has 1 heterocycles. The number of halogens is 3. The van der Waals surface area contributed by atoms with E-state index in [9.17, 15) is 13.2 Å². The highest BCUT2D eigenvalue weighted by Gasteiger charge is 2.29. The number of rotatable bonds is 4. The van der Waals surface area contributed by atoms with Gasteiger partial charge in [-0.1, -0.05) is 12.1 Å². The van der Waals surface area contributed by atoms with Gasteiger partial charge in [0, 0.05) is 13.5 Å². The summed E-state index contributed by atoms with van der Waals surface area (Å²) in [4.78, 5) is 1.88. The Morgan fingerprint density at radius 2 is 1.75 bits per heavy atom. The maximum Gasteiger partial charge on any atom is 0.416 e. The van der Waals surface area contributed by atoms with Crippen LogP contribution < -0.4 is 0 Å². The predicted octanol–water partition coefficient (Wildman–Crippen LogP) is 3.03. The number of aromatic nitrogens is 2. The average molecular weight is 285 g/mol. The number of alkyl halides is 3. The second-order valence-electron chi connectivity index (χ2n) is 4.58. The molecule has 0 aliphatic carbocycles. The first kappa shape index (κ1) is 14.5. The van der Waals surface area contributed by atoms with Gasteiger partial charge in [-0.15, -0.1) is 10.2 Å². The molecule has 2 rings (SSSR count). The van der Waals surface area contributed by atoms with Crippen molar-refractivity contribution in [2.45, 2.75) is 26.2 Å². The molecule has 0 fully saturated rings. The van der Waals surface area contributed by atoms with Crippen molar-refractivity contribution in [2.24, 2.45) is 0 Å². The van der Waals surface area contributed by atoms with Crippen LogP contribution in [0.15, 0.2) is 28.7 Å². The molecule has 0 aliphatic rings. The number of nitrogens with zero attached hydrogens (tertiary/aromatic N) is 3. The van der Waals surface area contributed by atoms with Crippen molar-refractivity contribution in [3.05, 3.63) is 47.2 Å². The fraction of sp³-hybridized carbons (Fsp3) is 0.385. The molecule has 4 nitrogen and oxygen atoms in total. The van der Waals surface area contributed by atoms with E-state index < -0.39 is 11.7 Å². The highest BCUT2D eigenvalue weighted by molar-refractivity contribution is 5.24. The summed E-state index contributed by atoms with van der Waals surface area (Å²) in [6.45, 7) is 2.65. The molecule has 0 unspecified atom stereocenters. The van der Waals surface area contributed by atoms with Gasteiger partial charge in [-0.25, -0.2) is 0 Å². The summed E-state index contributed by atoms with van der Waals surface area (Å²) in [6.07, 6.45) is -4.30. The van der Waals surface area contributed by atoms with Crippen molar-refractivity contribution in [2.75, 3.05) is 7.05 Å². The molecule has 0 saturated heterocycles. The topological polar surface area (TPSA) is 42.2 Å². The fourth-order valence-electron chi connectivity index (χ4n) is 1.80. The van der Waals surface area contributed by atoms with Crippen LogP contribution in [0, 0.1) is 6.92 Å². The quantitative estimate of drug-likeness (QED) is 0.866. The highest BCUT2D eigenvalue weighted by Crippen LogP contribution is 2.29. The summed E-state index contributed by atoms with van der Waals surface area (Å²) < 4.78 is 42.5. The normalized spacial score (nSPS) is 12.1. The Morgan fingerprint density at radius 3 is 2.25 bits per heavy atom. The van der Waals surface area contributed by atoms with E-state index in [1.807, 2.05) is 11.9 Å². The molecular weight excluding hydrogens is 271 g/mol. The molecular formula is C13H14F3N3O. The minimum Gasteiger partial charge on any atom is -0.424 e. The van der Waals surface area contributed by atoms with Gasteiger partial charge in [0.15, 0.2) is 0 Å². The molecule has 20 heavy (non-hydrogen) atoms. The van der Waals surface area contributed by atoms with Crippen LogP contribution in [0.1, 0.15) is 22.9 Å². The number of benzene rings is 1. The van der Waals surface area contributed by atoms with E-state index in [-0.39, 0.29) is 0 Å². The van der Waals surface area contributed by atoms with E-state index in [0.29, 0.717) is 24.9 Å². The van der Waals surface area contributed by atoms with Crippen molar-refractivity contribution < 1.29 is 17.6 Å². The van der Waals surface area contributed by atoms with Crippen LogP contribution in [0.5, 0.6) is 0 Å². The summed E-state index contributed by atoms with van der Waals surface area (Å²) in [7, 11) is 1.83. The first-order valence-electron chi connectivity index (χ1n) is 5.98. The van der Waals surface area contributed by atoms with Gasteiger partial charge in [0.25, 0.3) is 0 Å². The van der Waals surface area contributed by atoms with Crippen molar-refractivity contribution in [1.29, 1.82) is 0 Å². The molecule has 0 saturated carbocycles. The molecule has 1 aromatic carbocycles. The van der Waals surface area contributed by atoms with Gasteiger partial charge >= 0.3 is 6.18 Å². The van der Waals surface area contributed by atoms with E-state index in [1.165, 1.54) is 12.1 Å². The van der Waals surface area contributed by atoms with Crippen LogP contribution in [0.3, 0.4) is 0 Å².